The average Bonchev–Trinajstić information content (AvgIpc) is 3.29. The van der Waals surface area contributed by atoms with Gasteiger partial charge in [-0.2, -0.15) is 0 Å². The molecule has 1 amide bonds. The normalized spacial score (nSPS) is 10.9. The number of amides is 1. The highest BCUT2D eigenvalue weighted by molar-refractivity contribution is 6.33. The topological polar surface area (TPSA) is 55.1 Å². The van der Waals surface area contributed by atoms with Crippen LogP contribution in [0.1, 0.15) is 10.4 Å². The van der Waals surface area contributed by atoms with Gasteiger partial charge in [-0.15, -0.1) is 0 Å². The second kappa shape index (κ2) is 8.50. The fourth-order valence-electron chi connectivity index (χ4n) is 3.54. The van der Waals surface area contributed by atoms with Crippen molar-refractivity contribution in [3.05, 3.63) is 107 Å². The number of anilines is 1. The van der Waals surface area contributed by atoms with E-state index in [4.69, 9.17) is 32.6 Å². The Labute approximate surface area is 194 Å². The van der Waals surface area contributed by atoms with Crippen LogP contribution >= 0.6 is 23.2 Å². The molecule has 0 radical (unpaired) electrons. The van der Waals surface area contributed by atoms with E-state index in [1.165, 1.54) is 0 Å². The first-order valence-electron chi connectivity index (χ1n) is 9.90. The number of halogens is 2. The van der Waals surface area contributed by atoms with Crippen molar-refractivity contribution >= 4 is 45.7 Å². The first-order valence-corrected chi connectivity index (χ1v) is 10.7. The van der Waals surface area contributed by atoms with E-state index in [1.54, 1.807) is 30.3 Å². The molecule has 2 heterocycles. The molecule has 0 saturated carbocycles. The summed E-state index contributed by atoms with van der Waals surface area (Å²) in [6, 6.07) is 27.4. The minimum absolute atomic E-state index is 0.259. The summed E-state index contributed by atoms with van der Waals surface area (Å²) < 4.78 is 6.06. The number of carbonyl (C=O) groups is 1. The van der Waals surface area contributed by atoms with Gasteiger partial charge >= 0.3 is 0 Å². The van der Waals surface area contributed by atoms with E-state index in [2.05, 4.69) is 5.32 Å². The highest BCUT2D eigenvalue weighted by Gasteiger charge is 2.17. The highest BCUT2D eigenvalue weighted by atomic mass is 35.5. The predicted octanol–water partition coefficient (Wildman–Crippen LogP) is 7.72. The number of carbonyl (C=O) groups excluding carboxylic acids is 1. The molecular formula is C26H16Cl2N2O2. The van der Waals surface area contributed by atoms with Crippen LogP contribution in [0.2, 0.25) is 10.0 Å². The van der Waals surface area contributed by atoms with Crippen LogP contribution in [0.25, 0.3) is 33.7 Å². The van der Waals surface area contributed by atoms with Gasteiger partial charge in [0.15, 0.2) is 5.76 Å². The summed E-state index contributed by atoms with van der Waals surface area (Å²) in [5.74, 6) is 0.915. The maximum atomic E-state index is 13.2. The van der Waals surface area contributed by atoms with Gasteiger partial charge in [-0.05, 0) is 54.6 Å². The summed E-state index contributed by atoms with van der Waals surface area (Å²) in [6.07, 6.45) is 0. The number of pyridine rings is 1. The fraction of sp³-hybridized carbons (Fsp3) is 0. The van der Waals surface area contributed by atoms with Gasteiger partial charge in [0.25, 0.3) is 5.91 Å². The van der Waals surface area contributed by atoms with Crippen LogP contribution in [-0.2, 0) is 0 Å². The molecule has 0 aliphatic carbocycles. The van der Waals surface area contributed by atoms with Crippen LogP contribution in [-0.4, -0.2) is 10.9 Å². The number of nitrogens with one attached hydrogen (secondary N) is 1. The average molecular weight is 459 g/mol. The second-order valence-corrected chi connectivity index (χ2v) is 8.02. The van der Waals surface area contributed by atoms with Crippen molar-refractivity contribution < 1.29 is 9.21 Å². The van der Waals surface area contributed by atoms with E-state index in [0.717, 1.165) is 10.9 Å². The molecule has 6 heteroatoms. The highest BCUT2D eigenvalue weighted by Crippen LogP contribution is 2.33. The molecule has 1 N–H and O–H groups in total. The number of nitrogens with zero attached hydrogens (tertiary/aromatic N) is 1. The van der Waals surface area contributed by atoms with Crippen molar-refractivity contribution in [2.45, 2.75) is 0 Å². The first kappa shape index (κ1) is 20.3. The number of fused-ring (bicyclic) bond motifs is 1. The fourth-order valence-corrected chi connectivity index (χ4v) is 3.95. The molecule has 5 aromatic rings. The zero-order valence-corrected chi connectivity index (χ0v) is 18.2. The third-order valence-electron chi connectivity index (χ3n) is 5.04. The molecule has 0 atom stereocenters. The molecule has 0 fully saturated rings. The monoisotopic (exact) mass is 458 g/mol. The largest absolute Gasteiger partial charge is 0.454 e. The number of benzene rings is 3. The van der Waals surface area contributed by atoms with Crippen LogP contribution in [0.5, 0.6) is 0 Å². The van der Waals surface area contributed by atoms with Gasteiger partial charge in [0.05, 0.1) is 16.1 Å². The van der Waals surface area contributed by atoms with Gasteiger partial charge in [0, 0.05) is 21.7 Å². The lowest BCUT2D eigenvalue weighted by molar-refractivity contribution is 0.102. The van der Waals surface area contributed by atoms with Crippen LogP contribution in [0, 0.1) is 0 Å². The molecule has 156 valence electrons. The summed E-state index contributed by atoms with van der Waals surface area (Å²) in [5.41, 5.74) is 3.14. The Bertz CT molecular complexity index is 1460. The van der Waals surface area contributed by atoms with Crippen molar-refractivity contribution in [2.24, 2.45) is 0 Å². The lowest BCUT2D eigenvalue weighted by atomic mass is 10.1. The zero-order valence-electron chi connectivity index (χ0n) is 16.7. The van der Waals surface area contributed by atoms with E-state index < -0.39 is 0 Å². The smallest absolute Gasteiger partial charge is 0.256 e. The number of hydrogen-bond donors (Lipinski definition) is 1. The van der Waals surface area contributed by atoms with Gasteiger partial charge in [0.1, 0.15) is 11.5 Å². The Morgan fingerprint density at radius 1 is 0.812 bits per heavy atom. The van der Waals surface area contributed by atoms with E-state index >= 15 is 0 Å². The summed E-state index contributed by atoms with van der Waals surface area (Å²) in [7, 11) is 0. The molecule has 5 rings (SSSR count). The molecule has 32 heavy (non-hydrogen) atoms. The third-order valence-corrected chi connectivity index (χ3v) is 5.61. The molecule has 0 saturated heterocycles. The minimum atomic E-state index is -0.259. The molecule has 0 unspecified atom stereocenters. The summed E-state index contributed by atoms with van der Waals surface area (Å²) >= 11 is 12.4. The Kier molecular flexibility index (Phi) is 5.39. The van der Waals surface area contributed by atoms with E-state index in [-0.39, 0.29) is 5.91 Å². The molecule has 3 aromatic carbocycles. The van der Waals surface area contributed by atoms with Gasteiger partial charge < -0.3 is 9.73 Å². The Balaban J connectivity index is 1.57. The number of aromatic nitrogens is 1. The van der Waals surface area contributed by atoms with Gasteiger partial charge in [-0.3, -0.25) is 4.79 Å². The van der Waals surface area contributed by atoms with Crippen molar-refractivity contribution in [1.82, 2.24) is 4.98 Å². The standard InChI is InChI=1S/C26H16Cl2N2O2/c27-16-6-5-7-17(14-16)29-26(31)20-15-23(30-22-11-4-2-8-18(20)22)25-13-12-24(32-25)19-9-1-3-10-21(19)28/h1-15H,(H,29,31). The zero-order chi connectivity index (χ0) is 22.1. The van der Waals surface area contributed by atoms with E-state index in [0.29, 0.717) is 44.0 Å². The molecule has 0 spiro atoms. The van der Waals surface area contributed by atoms with Gasteiger partial charge in [-0.25, -0.2) is 4.98 Å². The van der Waals surface area contributed by atoms with Crippen LogP contribution < -0.4 is 5.32 Å². The Morgan fingerprint density at radius 2 is 1.59 bits per heavy atom. The number of furan rings is 1. The van der Waals surface area contributed by atoms with Crippen LogP contribution in [0.15, 0.2) is 95.4 Å². The second-order valence-electron chi connectivity index (χ2n) is 7.18. The van der Waals surface area contributed by atoms with E-state index in [9.17, 15) is 4.79 Å². The molecule has 0 aliphatic heterocycles. The molecule has 2 aromatic heterocycles. The Morgan fingerprint density at radius 3 is 2.44 bits per heavy atom. The number of para-hydroxylation sites is 1. The lowest BCUT2D eigenvalue weighted by Crippen LogP contribution is -2.13. The molecule has 4 nitrogen and oxygen atoms in total. The number of hydrogen-bond acceptors (Lipinski definition) is 3. The van der Waals surface area contributed by atoms with E-state index in [1.807, 2.05) is 60.7 Å². The summed E-state index contributed by atoms with van der Waals surface area (Å²) in [6.45, 7) is 0. The van der Waals surface area contributed by atoms with Crippen LogP contribution in [0.4, 0.5) is 5.69 Å². The SMILES string of the molecule is O=C(Nc1cccc(Cl)c1)c1cc(-c2ccc(-c3ccccc3Cl)o2)nc2ccccc12. The van der Waals surface area contributed by atoms with Crippen molar-refractivity contribution in [3.8, 4) is 22.8 Å². The first-order chi connectivity index (χ1) is 15.6. The molecule has 0 bridgehead atoms. The van der Waals surface area contributed by atoms with Crippen molar-refractivity contribution in [1.29, 1.82) is 0 Å². The maximum Gasteiger partial charge on any atom is 0.256 e. The Hall–Kier alpha value is -3.60. The quantitative estimate of drug-likeness (QED) is 0.299. The van der Waals surface area contributed by atoms with Crippen molar-refractivity contribution in [3.63, 3.8) is 0 Å². The predicted molar refractivity (Wildman–Crippen MR) is 129 cm³/mol. The lowest BCUT2D eigenvalue weighted by Gasteiger charge is -2.10. The minimum Gasteiger partial charge on any atom is -0.454 e. The number of rotatable bonds is 4. The summed E-state index contributed by atoms with van der Waals surface area (Å²) in [5, 5.41) is 4.80. The third kappa shape index (κ3) is 3.98. The van der Waals surface area contributed by atoms with Gasteiger partial charge in [0.2, 0.25) is 0 Å². The molecular weight excluding hydrogens is 443 g/mol. The van der Waals surface area contributed by atoms with Crippen LogP contribution in [0.3, 0.4) is 0 Å². The van der Waals surface area contributed by atoms with Gasteiger partial charge in [-0.1, -0.05) is 59.6 Å². The van der Waals surface area contributed by atoms with Crippen molar-refractivity contribution in [2.75, 3.05) is 5.32 Å². The summed E-state index contributed by atoms with van der Waals surface area (Å²) in [4.78, 5) is 17.9. The maximum absolute atomic E-state index is 13.2. The molecule has 0 aliphatic rings.